The van der Waals surface area contributed by atoms with Gasteiger partial charge in [-0.2, -0.15) is 0 Å². The van der Waals surface area contributed by atoms with Crippen molar-refractivity contribution in [2.75, 3.05) is 20.3 Å². The molecule has 1 aromatic carbocycles. The molecule has 0 amide bonds. The van der Waals surface area contributed by atoms with Gasteiger partial charge < -0.3 is 19.3 Å². The molecule has 0 saturated heterocycles. The topological polar surface area (TPSA) is 65.0 Å². The van der Waals surface area contributed by atoms with Crippen LogP contribution in [0.4, 0.5) is 0 Å². The first-order valence-corrected chi connectivity index (χ1v) is 7.89. The van der Waals surface area contributed by atoms with E-state index in [1.807, 2.05) is 0 Å². The molecule has 1 aliphatic heterocycles. The second-order valence-corrected chi connectivity index (χ2v) is 5.97. The second kappa shape index (κ2) is 6.07. The average Bonchev–Trinajstić information content (AvgIpc) is 2.79. The van der Waals surface area contributed by atoms with E-state index >= 15 is 0 Å². The number of ether oxygens (including phenoxy) is 3. The fraction of sp³-hybridized carbons (Fsp3) is 0.588. The summed E-state index contributed by atoms with van der Waals surface area (Å²) in [6.07, 6.45) is 4.89. The van der Waals surface area contributed by atoms with E-state index in [4.69, 9.17) is 14.2 Å². The van der Waals surface area contributed by atoms with Crippen molar-refractivity contribution in [3.8, 4) is 17.2 Å². The van der Waals surface area contributed by atoms with Crippen molar-refractivity contribution in [3.05, 3.63) is 17.7 Å². The van der Waals surface area contributed by atoms with Crippen molar-refractivity contribution in [1.82, 2.24) is 0 Å². The van der Waals surface area contributed by atoms with E-state index in [1.165, 1.54) is 0 Å². The van der Waals surface area contributed by atoms with Crippen LogP contribution in [-0.4, -0.2) is 31.4 Å². The summed E-state index contributed by atoms with van der Waals surface area (Å²) in [7, 11) is 1.57. The van der Waals surface area contributed by atoms with Gasteiger partial charge in [-0.1, -0.05) is 19.3 Å². The molecule has 3 rings (SSSR count). The van der Waals surface area contributed by atoms with E-state index in [0.717, 1.165) is 25.7 Å². The van der Waals surface area contributed by atoms with Gasteiger partial charge in [-0.05, 0) is 25.0 Å². The Balaban J connectivity index is 2.20. The molecule has 0 unspecified atom stereocenters. The molecule has 1 heterocycles. The van der Waals surface area contributed by atoms with Crippen molar-refractivity contribution < 1.29 is 24.1 Å². The third-order valence-corrected chi connectivity index (χ3v) is 4.69. The molecule has 22 heavy (non-hydrogen) atoms. The maximum absolute atomic E-state index is 12.2. The Bertz CT molecular complexity index is 560. The quantitative estimate of drug-likeness (QED) is 0.929. The van der Waals surface area contributed by atoms with Crippen LogP contribution in [0.1, 0.15) is 44.1 Å². The summed E-state index contributed by atoms with van der Waals surface area (Å²) < 4.78 is 17.1. The SMILES string of the molecule is COc1ccc2c(c1C1(C(=O)O)CCCCC1)OCCCO2. The van der Waals surface area contributed by atoms with Crippen LogP contribution in [0.15, 0.2) is 12.1 Å². The number of carboxylic acid groups (broad SMARTS) is 1. The molecular formula is C17H22O5. The van der Waals surface area contributed by atoms with E-state index in [9.17, 15) is 9.90 Å². The summed E-state index contributed by atoms with van der Waals surface area (Å²) in [6, 6.07) is 3.60. The lowest BCUT2D eigenvalue weighted by Gasteiger charge is -2.35. The van der Waals surface area contributed by atoms with Crippen molar-refractivity contribution in [2.24, 2.45) is 0 Å². The summed E-state index contributed by atoms with van der Waals surface area (Å²) >= 11 is 0. The normalized spacial score (nSPS) is 20.0. The number of hydrogen-bond donors (Lipinski definition) is 1. The molecule has 0 bridgehead atoms. The molecular weight excluding hydrogens is 284 g/mol. The molecule has 5 heteroatoms. The number of methoxy groups -OCH3 is 1. The van der Waals surface area contributed by atoms with E-state index in [0.29, 0.717) is 48.9 Å². The van der Waals surface area contributed by atoms with Crippen LogP contribution in [0, 0.1) is 0 Å². The van der Waals surface area contributed by atoms with Crippen LogP contribution in [0.3, 0.4) is 0 Å². The highest BCUT2D eigenvalue weighted by Crippen LogP contribution is 2.51. The summed E-state index contributed by atoms with van der Waals surface area (Å²) in [5.74, 6) is 0.959. The first-order chi connectivity index (χ1) is 10.7. The average molecular weight is 306 g/mol. The van der Waals surface area contributed by atoms with Crippen molar-refractivity contribution >= 4 is 5.97 Å². The molecule has 120 valence electrons. The lowest BCUT2D eigenvalue weighted by molar-refractivity contribution is -0.145. The van der Waals surface area contributed by atoms with Gasteiger partial charge in [-0.15, -0.1) is 0 Å². The molecule has 1 N–H and O–H groups in total. The Morgan fingerprint density at radius 1 is 1.14 bits per heavy atom. The minimum atomic E-state index is -0.942. The summed E-state index contributed by atoms with van der Waals surface area (Å²) in [6.45, 7) is 1.11. The maximum Gasteiger partial charge on any atom is 0.314 e. The zero-order valence-corrected chi connectivity index (χ0v) is 12.9. The number of benzene rings is 1. The van der Waals surface area contributed by atoms with E-state index in [1.54, 1.807) is 19.2 Å². The predicted molar refractivity (Wildman–Crippen MR) is 81.0 cm³/mol. The van der Waals surface area contributed by atoms with Gasteiger partial charge in [-0.3, -0.25) is 4.79 Å². The largest absolute Gasteiger partial charge is 0.496 e. The standard InChI is InChI=1S/C17H22O5/c1-20-12-6-7-13-15(22-11-5-10-21-13)14(12)17(16(18)19)8-3-2-4-9-17/h6-7H,2-5,8-11H2,1H3,(H,18,19). The van der Waals surface area contributed by atoms with Gasteiger partial charge in [0.15, 0.2) is 11.5 Å². The highest BCUT2D eigenvalue weighted by molar-refractivity contribution is 5.84. The minimum Gasteiger partial charge on any atom is -0.496 e. The Morgan fingerprint density at radius 2 is 1.86 bits per heavy atom. The summed E-state index contributed by atoms with van der Waals surface area (Å²) in [5.41, 5.74) is -0.288. The van der Waals surface area contributed by atoms with E-state index < -0.39 is 11.4 Å². The first kappa shape index (κ1) is 15.0. The van der Waals surface area contributed by atoms with Gasteiger partial charge >= 0.3 is 5.97 Å². The third-order valence-electron chi connectivity index (χ3n) is 4.69. The smallest absolute Gasteiger partial charge is 0.314 e. The van der Waals surface area contributed by atoms with Gasteiger partial charge in [0, 0.05) is 6.42 Å². The zero-order valence-electron chi connectivity index (χ0n) is 12.9. The number of carbonyl (C=O) groups is 1. The Kier molecular flexibility index (Phi) is 4.14. The molecule has 2 aliphatic rings. The molecule has 5 nitrogen and oxygen atoms in total. The molecule has 0 aromatic heterocycles. The Labute approximate surface area is 130 Å². The number of aliphatic carboxylic acids is 1. The van der Waals surface area contributed by atoms with E-state index in [-0.39, 0.29) is 0 Å². The maximum atomic E-state index is 12.2. The molecule has 1 aliphatic carbocycles. The van der Waals surface area contributed by atoms with Crippen LogP contribution in [-0.2, 0) is 10.2 Å². The van der Waals surface area contributed by atoms with E-state index in [2.05, 4.69) is 0 Å². The van der Waals surface area contributed by atoms with Crippen LogP contribution in [0.5, 0.6) is 17.2 Å². The highest BCUT2D eigenvalue weighted by atomic mass is 16.5. The Morgan fingerprint density at radius 3 is 2.55 bits per heavy atom. The number of hydrogen-bond acceptors (Lipinski definition) is 4. The fourth-order valence-electron chi connectivity index (χ4n) is 3.57. The van der Waals surface area contributed by atoms with Crippen molar-refractivity contribution in [1.29, 1.82) is 0 Å². The summed E-state index contributed by atoms with van der Waals surface area (Å²) in [4.78, 5) is 12.2. The van der Waals surface area contributed by atoms with Gasteiger partial charge in [0.05, 0.1) is 25.9 Å². The van der Waals surface area contributed by atoms with Gasteiger partial charge in [0.2, 0.25) is 0 Å². The van der Waals surface area contributed by atoms with Crippen LogP contribution in [0.2, 0.25) is 0 Å². The van der Waals surface area contributed by atoms with Crippen LogP contribution < -0.4 is 14.2 Å². The second-order valence-electron chi connectivity index (χ2n) is 5.97. The minimum absolute atomic E-state index is 0.531. The van der Waals surface area contributed by atoms with Gasteiger partial charge in [-0.25, -0.2) is 0 Å². The summed E-state index contributed by atoms with van der Waals surface area (Å²) in [5, 5.41) is 9.98. The molecule has 1 fully saturated rings. The fourth-order valence-corrected chi connectivity index (χ4v) is 3.57. The molecule has 0 atom stereocenters. The first-order valence-electron chi connectivity index (χ1n) is 7.89. The number of fused-ring (bicyclic) bond motifs is 1. The van der Waals surface area contributed by atoms with Crippen LogP contribution in [0.25, 0.3) is 0 Å². The number of carboxylic acids is 1. The number of rotatable bonds is 3. The van der Waals surface area contributed by atoms with Crippen molar-refractivity contribution in [2.45, 2.75) is 43.9 Å². The predicted octanol–water partition coefficient (Wildman–Crippen LogP) is 3.14. The highest BCUT2D eigenvalue weighted by Gasteiger charge is 2.46. The lowest BCUT2D eigenvalue weighted by atomic mass is 9.68. The Hall–Kier alpha value is -1.91. The van der Waals surface area contributed by atoms with Crippen LogP contribution >= 0.6 is 0 Å². The molecule has 0 spiro atoms. The third kappa shape index (κ3) is 2.38. The zero-order chi connectivity index (χ0) is 15.6. The molecule has 1 saturated carbocycles. The van der Waals surface area contributed by atoms with Crippen molar-refractivity contribution in [3.63, 3.8) is 0 Å². The molecule has 0 radical (unpaired) electrons. The monoisotopic (exact) mass is 306 g/mol. The molecule has 1 aromatic rings. The lowest BCUT2D eigenvalue weighted by Crippen LogP contribution is -2.38. The van der Waals surface area contributed by atoms with Gasteiger partial charge in [0.1, 0.15) is 11.2 Å². The van der Waals surface area contributed by atoms with Gasteiger partial charge in [0.25, 0.3) is 0 Å².